The number of aromatic nitrogens is 3. The van der Waals surface area contributed by atoms with Crippen LogP contribution in [0.2, 0.25) is 0 Å². The van der Waals surface area contributed by atoms with E-state index in [1.165, 1.54) is 43.9 Å². The lowest BCUT2D eigenvalue weighted by Crippen LogP contribution is -2.48. The Kier molecular flexibility index (Phi) is 8.41. The molecular formula is C37H44N6O2. The van der Waals surface area contributed by atoms with Crippen LogP contribution in [-0.2, 0) is 16.1 Å². The van der Waals surface area contributed by atoms with E-state index in [1.807, 2.05) is 31.7 Å². The molecule has 4 aromatic rings. The van der Waals surface area contributed by atoms with Crippen LogP contribution in [0.4, 0.5) is 0 Å². The summed E-state index contributed by atoms with van der Waals surface area (Å²) in [6.45, 7) is 2.79. The van der Waals surface area contributed by atoms with E-state index in [0.717, 1.165) is 45.4 Å². The molecule has 4 saturated carbocycles. The molecular weight excluding hydrogens is 560 g/mol. The zero-order chi connectivity index (χ0) is 30.8. The summed E-state index contributed by atoms with van der Waals surface area (Å²) in [4.78, 5) is 31.7. The largest absolute Gasteiger partial charge is 0.355 e. The van der Waals surface area contributed by atoms with Gasteiger partial charge in [-0.15, -0.1) is 0 Å². The third-order valence-corrected chi connectivity index (χ3v) is 10.5. The maximum absolute atomic E-state index is 12.9. The number of carbonyl (C=O) groups excluding carboxylic acids is 2. The molecule has 45 heavy (non-hydrogen) atoms. The highest BCUT2D eigenvalue weighted by Gasteiger charge is 2.51. The van der Waals surface area contributed by atoms with Crippen LogP contribution in [0.15, 0.2) is 73.3 Å². The fraction of sp³-hybridized carbons (Fsp3) is 0.459. The number of nitrogens with zero attached hydrogens (tertiary/aromatic N) is 4. The molecule has 0 saturated heterocycles. The fourth-order valence-corrected chi connectivity index (χ4v) is 8.74. The first-order chi connectivity index (χ1) is 21.9. The molecule has 4 fully saturated rings. The highest BCUT2D eigenvalue weighted by molar-refractivity contribution is 5.95. The van der Waals surface area contributed by atoms with Crippen LogP contribution in [-0.4, -0.2) is 64.7 Å². The van der Waals surface area contributed by atoms with Gasteiger partial charge in [-0.05, 0) is 78.2 Å². The molecule has 0 unspecified atom stereocenters. The Balaban J connectivity index is 0.825. The van der Waals surface area contributed by atoms with Crippen molar-refractivity contribution in [1.82, 2.24) is 30.3 Å². The van der Waals surface area contributed by atoms with Crippen LogP contribution in [0.25, 0.3) is 33.0 Å². The molecule has 2 aromatic carbocycles. The lowest BCUT2D eigenvalue weighted by Gasteiger charge is -2.56. The summed E-state index contributed by atoms with van der Waals surface area (Å²) in [6.07, 6.45) is 16.3. The number of benzene rings is 2. The second kappa shape index (κ2) is 12.8. The van der Waals surface area contributed by atoms with E-state index in [-0.39, 0.29) is 23.8 Å². The maximum Gasteiger partial charge on any atom is 0.244 e. The summed E-state index contributed by atoms with van der Waals surface area (Å²) in [6, 6.07) is 16.7. The number of carbonyl (C=O) groups is 2. The van der Waals surface area contributed by atoms with Crippen LogP contribution in [0, 0.1) is 23.2 Å². The first-order valence-electron chi connectivity index (χ1n) is 16.6. The number of hydrogen-bond acceptors (Lipinski definition) is 5. The number of fused-ring (bicyclic) bond motifs is 1. The van der Waals surface area contributed by atoms with E-state index in [0.29, 0.717) is 32.6 Å². The van der Waals surface area contributed by atoms with Gasteiger partial charge in [0.05, 0.1) is 6.20 Å². The minimum Gasteiger partial charge on any atom is -0.355 e. The molecule has 8 rings (SSSR count). The second-order valence-electron chi connectivity index (χ2n) is 13.9. The van der Waals surface area contributed by atoms with Gasteiger partial charge in [0.25, 0.3) is 0 Å². The van der Waals surface area contributed by atoms with Crippen molar-refractivity contribution < 1.29 is 9.59 Å². The summed E-state index contributed by atoms with van der Waals surface area (Å²) in [7, 11) is 1.82. The number of hydrogen-bond donors (Lipinski definition) is 2. The van der Waals surface area contributed by atoms with Gasteiger partial charge in [-0.25, -0.2) is 0 Å². The summed E-state index contributed by atoms with van der Waals surface area (Å²) < 4.78 is 1.70. The first-order valence-corrected chi connectivity index (χ1v) is 16.6. The lowest BCUT2D eigenvalue weighted by molar-refractivity contribution is -0.131. The van der Waals surface area contributed by atoms with E-state index < -0.39 is 0 Å². The average Bonchev–Trinajstić information content (AvgIpc) is 3.50. The fourth-order valence-electron chi connectivity index (χ4n) is 8.74. The van der Waals surface area contributed by atoms with E-state index in [9.17, 15) is 9.59 Å². The standard InChI is InChI=1S/C37H44N6O2/c1-42(13-12-38-10-11-40-35(44)20-37-17-26-14-27(18-37)16-28(15-26)19-37)36(45)25-43-24-32(22-41-43)29-6-8-30(9-7-29)34-23-39-21-31-4-2-3-5-33(31)34/h2-9,21-24,26-28,38H,10-20,25H2,1H3,(H,40,44). The topological polar surface area (TPSA) is 92.2 Å². The molecule has 0 aliphatic heterocycles. The van der Waals surface area contributed by atoms with Crippen molar-refractivity contribution in [2.24, 2.45) is 23.2 Å². The SMILES string of the molecule is CN(CCNCCNC(=O)CC12CC3CC(CC(C3)C1)C2)C(=O)Cn1cc(-c2ccc(-c3cncc4ccccc34)cc2)cn1. The van der Waals surface area contributed by atoms with Gasteiger partial charge in [-0.2, -0.15) is 5.10 Å². The Labute approximate surface area is 265 Å². The molecule has 4 aliphatic carbocycles. The van der Waals surface area contributed by atoms with Gasteiger partial charge in [0.15, 0.2) is 0 Å². The first kappa shape index (κ1) is 29.7. The number of rotatable bonds is 12. The van der Waals surface area contributed by atoms with Crippen molar-refractivity contribution in [3.8, 4) is 22.3 Å². The molecule has 0 atom stereocenters. The Morgan fingerprint density at radius 2 is 1.58 bits per heavy atom. The van der Waals surface area contributed by atoms with Gasteiger partial charge < -0.3 is 15.5 Å². The van der Waals surface area contributed by atoms with Crippen molar-refractivity contribution in [2.75, 3.05) is 33.2 Å². The molecule has 2 N–H and O–H groups in total. The van der Waals surface area contributed by atoms with E-state index in [4.69, 9.17) is 0 Å². The molecule has 234 valence electrons. The van der Waals surface area contributed by atoms with Gasteiger partial charge in [0, 0.05) is 74.8 Å². The Bertz CT molecular complexity index is 1620. The summed E-state index contributed by atoms with van der Waals surface area (Å²) >= 11 is 0. The molecule has 4 aliphatic rings. The molecule has 2 heterocycles. The van der Waals surface area contributed by atoms with Crippen molar-refractivity contribution in [3.05, 3.63) is 73.3 Å². The van der Waals surface area contributed by atoms with Crippen LogP contribution < -0.4 is 10.6 Å². The highest BCUT2D eigenvalue weighted by Crippen LogP contribution is 2.61. The predicted octanol–water partition coefficient (Wildman–Crippen LogP) is 5.54. The lowest BCUT2D eigenvalue weighted by atomic mass is 9.49. The molecule has 8 heteroatoms. The molecule has 0 radical (unpaired) electrons. The van der Waals surface area contributed by atoms with Crippen molar-refractivity contribution >= 4 is 22.6 Å². The summed E-state index contributed by atoms with van der Waals surface area (Å²) in [5, 5.41) is 13.3. The van der Waals surface area contributed by atoms with Crippen LogP contribution >= 0.6 is 0 Å². The van der Waals surface area contributed by atoms with Crippen molar-refractivity contribution in [2.45, 2.75) is 51.5 Å². The smallest absolute Gasteiger partial charge is 0.244 e. The van der Waals surface area contributed by atoms with E-state index in [2.05, 4.69) is 63.2 Å². The quantitative estimate of drug-likeness (QED) is 0.207. The van der Waals surface area contributed by atoms with Gasteiger partial charge in [-0.1, -0.05) is 48.5 Å². The monoisotopic (exact) mass is 604 g/mol. The average molecular weight is 605 g/mol. The zero-order valence-electron chi connectivity index (χ0n) is 26.3. The zero-order valence-corrected chi connectivity index (χ0v) is 26.3. The second-order valence-corrected chi connectivity index (χ2v) is 13.9. The summed E-state index contributed by atoms with van der Waals surface area (Å²) in [5.41, 5.74) is 4.52. The van der Waals surface area contributed by atoms with E-state index >= 15 is 0 Å². The number of amides is 2. The Hall–Kier alpha value is -4.04. The molecule has 8 nitrogen and oxygen atoms in total. The molecule has 0 spiro atoms. The predicted molar refractivity (Wildman–Crippen MR) is 177 cm³/mol. The minimum absolute atomic E-state index is 0.00845. The number of pyridine rings is 1. The van der Waals surface area contributed by atoms with E-state index in [1.54, 1.807) is 15.8 Å². The van der Waals surface area contributed by atoms with Gasteiger partial charge >= 0.3 is 0 Å². The third kappa shape index (κ3) is 6.66. The highest BCUT2D eigenvalue weighted by atomic mass is 16.2. The van der Waals surface area contributed by atoms with Gasteiger partial charge in [0.1, 0.15) is 6.54 Å². The third-order valence-electron chi connectivity index (χ3n) is 10.5. The minimum atomic E-state index is 0.00845. The van der Waals surface area contributed by atoms with Crippen LogP contribution in [0.1, 0.15) is 44.9 Å². The Morgan fingerprint density at radius 1 is 0.867 bits per heavy atom. The summed E-state index contributed by atoms with van der Waals surface area (Å²) in [5.74, 6) is 2.84. The van der Waals surface area contributed by atoms with Gasteiger partial charge in [-0.3, -0.25) is 19.3 Å². The Morgan fingerprint density at radius 3 is 2.33 bits per heavy atom. The van der Waals surface area contributed by atoms with Crippen molar-refractivity contribution in [1.29, 1.82) is 0 Å². The molecule has 4 bridgehead atoms. The van der Waals surface area contributed by atoms with Crippen molar-refractivity contribution in [3.63, 3.8) is 0 Å². The normalized spacial score (nSPS) is 23.4. The molecule has 2 aromatic heterocycles. The van der Waals surface area contributed by atoms with Gasteiger partial charge in [0.2, 0.25) is 11.8 Å². The molecule has 2 amide bonds. The van der Waals surface area contributed by atoms with Crippen LogP contribution in [0.5, 0.6) is 0 Å². The van der Waals surface area contributed by atoms with Crippen LogP contribution in [0.3, 0.4) is 0 Å². The number of likely N-dealkylation sites (N-methyl/N-ethyl adjacent to an activating group) is 1. The number of nitrogens with one attached hydrogen (secondary N) is 2. The maximum atomic E-state index is 12.9.